The van der Waals surface area contributed by atoms with Gasteiger partial charge in [-0.05, 0) is 30.9 Å². The first-order chi connectivity index (χ1) is 8.25. The molecule has 0 bridgehead atoms. The summed E-state index contributed by atoms with van der Waals surface area (Å²) in [4.78, 5) is 0. The lowest BCUT2D eigenvalue weighted by Gasteiger charge is -2.02. The van der Waals surface area contributed by atoms with Crippen LogP contribution in [-0.4, -0.2) is 14.8 Å². The molecule has 0 aliphatic carbocycles. The zero-order valence-electron chi connectivity index (χ0n) is 10.6. The van der Waals surface area contributed by atoms with Crippen LogP contribution in [0.4, 0.5) is 0 Å². The Kier molecular flexibility index (Phi) is 7.44. The highest BCUT2D eigenvalue weighted by Gasteiger charge is 1.97. The fourth-order valence-electron chi connectivity index (χ4n) is 1.94. The molecule has 0 saturated carbocycles. The number of aromatic nitrogens is 3. The van der Waals surface area contributed by atoms with Crippen LogP contribution in [0, 0.1) is 9.54 Å². The van der Waals surface area contributed by atoms with Crippen molar-refractivity contribution in [3.05, 3.63) is 9.54 Å². The van der Waals surface area contributed by atoms with Gasteiger partial charge in [-0.15, -0.1) is 0 Å². The highest BCUT2D eigenvalue weighted by Crippen LogP contribution is 2.09. The maximum atomic E-state index is 5.13. The van der Waals surface area contributed by atoms with Crippen LogP contribution in [0.1, 0.15) is 58.3 Å². The van der Waals surface area contributed by atoms with Crippen LogP contribution in [0.3, 0.4) is 0 Å². The van der Waals surface area contributed by atoms with E-state index in [1.807, 2.05) is 4.57 Å². The molecule has 2 N–H and O–H groups in total. The van der Waals surface area contributed by atoms with Gasteiger partial charge >= 0.3 is 0 Å². The van der Waals surface area contributed by atoms with Gasteiger partial charge in [-0.25, -0.2) is 0 Å². The second-order valence-corrected chi connectivity index (χ2v) is 5.26. The number of H-pyrrole nitrogens is 2. The Bertz CT molecular complexity index is 375. The molecule has 1 rings (SSSR count). The summed E-state index contributed by atoms with van der Waals surface area (Å²) in [5, 5.41) is 5.72. The van der Waals surface area contributed by atoms with Crippen molar-refractivity contribution in [1.29, 1.82) is 0 Å². The average Bonchev–Trinajstić information content (AvgIpc) is 2.63. The Morgan fingerprint density at radius 3 is 1.82 bits per heavy atom. The number of nitrogens with zero attached hydrogens (tertiary/aromatic N) is 1. The first kappa shape index (κ1) is 14.6. The monoisotopic (exact) mass is 273 g/mol. The van der Waals surface area contributed by atoms with Crippen molar-refractivity contribution in [3.8, 4) is 0 Å². The van der Waals surface area contributed by atoms with Gasteiger partial charge in [-0.1, -0.05) is 51.9 Å². The standard InChI is InChI=1S/C12H23N3S2/c1-2-3-4-5-6-7-8-9-10-15-11(16)13-14-12(15)17/h2-10H2,1H3,(H,13,16)(H,14,17). The van der Waals surface area contributed by atoms with Gasteiger partial charge in [-0.2, -0.15) is 0 Å². The Labute approximate surface area is 114 Å². The summed E-state index contributed by atoms with van der Waals surface area (Å²) in [6.07, 6.45) is 10.6. The Morgan fingerprint density at radius 2 is 1.29 bits per heavy atom. The zero-order chi connectivity index (χ0) is 12.5. The molecule has 1 heterocycles. The number of hydrogen-bond donors (Lipinski definition) is 2. The van der Waals surface area contributed by atoms with Crippen LogP contribution < -0.4 is 0 Å². The summed E-state index contributed by atoms with van der Waals surface area (Å²) in [5.74, 6) is 0. The first-order valence-electron chi connectivity index (χ1n) is 6.63. The van der Waals surface area contributed by atoms with Crippen molar-refractivity contribution in [2.75, 3.05) is 0 Å². The summed E-state index contributed by atoms with van der Waals surface area (Å²) >= 11 is 10.3. The van der Waals surface area contributed by atoms with E-state index < -0.39 is 0 Å². The molecule has 17 heavy (non-hydrogen) atoms. The van der Waals surface area contributed by atoms with Gasteiger partial charge in [0.15, 0.2) is 9.54 Å². The average molecular weight is 273 g/mol. The molecule has 1 aromatic heterocycles. The molecule has 0 aliphatic rings. The maximum absolute atomic E-state index is 5.13. The molecule has 0 amide bonds. The van der Waals surface area contributed by atoms with E-state index in [9.17, 15) is 0 Å². The Morgan fingerprint density at radius 1 is 0.824 bits per heavy atom. The van der Waals surface area contributed by atoms with E-state index in [0.29, 0.717) is 9.54 Å². The quantitative estimate of drug-likeness (QED) is 0.503. The van der Waals surface area contributed by atoms with Crippen molar-refractivity contribution < 1.29 is 0 Å². The summed E-state index contributed by atoms with van der Waals surface area (Å²) in [7, 11) is 0. The lowest BCUT2D eigenvalue weighted by Crippen LogP contribution is -1.98. The molecule has 3 nitrogen and oxygen atoms in total. The van der Waals surface area contributed by atoms with E-state index in [1.165, 1.54) is 44.9 Å². The van der Waals surface area contributed by atoms with E-state index in [1.54, 1.807) is 0 Å². The predicted octanol–water partition coefficient (Wildman–Crippen LogP) is 4.74. The minimum Gasteiger partial charge on any atom is -0.293 e. The largest absolute Gasteiger partial charge is 0.293 e. The third kappa shape index (κ3) is 5.64. The van der Waals surface area contributed by atoms with Gasteiger partial charge in [-0.3, -0.25) is 14.8 Å². The number of unbranched alkanes of at least 4 members (excludes halogenated alkanes) is 7. The smallest absolute Gasteiger partial charge is 0.194 e. The third-order valence-corrected chi connectivity index (χ3v) is 3.65. The molecule has 0 saturated heterocycles. The highest BCUT2D eigenvalue weighted by molar-refractivity contribution is 7.72. The highest BCUT2D eigenvalue weighted by atomic mass is 32.1. The molecular formula is C12H23N3S2. The number of hydrogen-bond acceptors (Lipinski definition) is 2. The van der Waals surface area contributed by atoms with Gasteiger partial charge in [0.25, 0.3) is 0 Å². The predicted molar refractivity (Wildman–Crippen MR) is 77.4 cm³/mol. The fraction of sp³-hybridized carbons (Fsp3) is 0.833. The van der Waals surface area contributed by atoms with E-state index in [2.05, 4.69) is 17.1 Å². The van der Waals surface area contributed by atoms with Crippen LogP contribution >= 0.6 is 24.4 Å². The van der Waals surface area contributed by atoms with Crippen LogP contribution in [0.2, 0.25) is 0 Å². The fourth-order valence-corrected chi connectivity index (χ4v) is 2.47. The van der Waals surface area contributed by atoms with Crippen LogP contribution in [0.25, 0.3) is 0 Å². The van der Waals surface area contributed by atoms with Crippen molar-refractivity contribution in [1.82, 2.24) is 14.8 Å². The van der Waals surface area contributed by atoms with Crippen molar-refractivity contribution >= 4 is 24.4 Å². The lowest BCUT2D eigenvalue weighted by molar-refractivity contribution is 0.539. The number of nitrogens with one attached hydrogen (secondary N) is 2. The number of rotatable bonds is 9. The summed E-state index contributed by atoms with van der Waals surface area (Å²) < 4.78 is 3.37. The van der Waals surface area contributed by atoms with Gasteiger partial charge < -0.3 is 0 Å². The molecule has 0 spiro atoms. The second-order valence-electron chi connectivity index (χ2n) is 4.49. The topological polar surface area (TPSA) is 36.5 Å². The zero-order valence-corrected chi connectivity index (χ0v) is 12.3. The first-order valence-corrected chi connectivity index (χ1v) is 7.45. The second kappa shape index (κ2) is 8.64. The Balaban J connectivity index is 2.05. The van der Waals surface area contributed by atoms with Gasteiger partial charge in [0.05, 0.1) is 0 Å². The van der Waals surface area contributed by atoms with Crippen molar-refractivity contribution in [2.45, 2.75) is 64.8 Å². The van der Waals surface area contributed by atoms with Gasteiger partial charge in [0.1, 0.15) is 0 Å². The molecule has 5 heteroatoms. The Hall–Kier alpha value is -0.420. The van der Waals surface area contributed by atoms with Crippen LogP contribution in [0.5, 0.6) is 0 Å². The van der Waals surface area contributed by atoms with E-state index in [4.69, 9.17) is 24.4 Å². The normalized spacial score (nSPS) is 10.9. The van der Waals surface area contributed by atoms with E-state index in [-0.39, 0.29) is 0 Å². The minimum absolute atomic E-state index is 0.706. The summed E-state index contributed by atoms with van der Waals surface area (Å²) in [6.45, 7) is 3.19. The maximum Gasteiger partial charge on any atom is 0.194 e. The molecule has 98 valence electrons. The summed E-state index contributed by atoms with van der Waals surface area (Å²) in [6, 6.07) is 0. The van der Waals surface area contributed by atoms with Crippen LogP contribution in [0.15, 0.2) is 0 Å². The summed E-state index contributed by atoms with van der Waals surface area (Å²) in [5.41, 5.74) is 0. The van der Waals surface area contributed by atoms with Crippen LogP contribution in [-0.2, 0) is 6.54 Å². The van der Waals surface area contributed by atoms with E-state index >= 15 is 0 Å². The molecule has 0 radical (unpaired) electrons. The SMILES string of the molecule is CCCCCCCCCCn1c(=S)[nH][nH]c1=S. The molecule has 0 aromatic carbocycles. The van der Waals surface area contributed by atoms with Crippen molar-refractivity contribution in [2.24, 2.45) is 0 Å². The van der Waals surface area contributed by atoms with E-state index in [0.717, 1.165) is 13.0 Å². The molecule has 0 fully saturated rings. The minimum atomic E-state index is 0.706. The molecule has 0 aliphatic heterocycles. The third-order valence-electron chi connectivity index (χ3n) is 3.00. The van der Waals surface area contributed by atoms with Crippen molar-refractivity contribution in [3.63, 3.8) is 0 Å². The lowest BCUT2D eigenvalue weighted by atomic mass is 10.1. The molecule has 0 unspecified atom stereocenters. The molecule has 1 aromatic rings. The number of aromatic amines is 2. The van der Waals surface area contributed by atoms with Gasteiger partial charge in [0.2, 0.25) is 0 Å². The molecular weight excluding hydrogens is 250 g/mol. The molecule has 0 atom stereocenters. The van der Waals surface area contributed by atoms with Gasteiger partial charge in [0, 0.05) is 6.54 Å².